The fourth-order valence-corrected chi connectivity index (χ4v) is 2.08. The average molecular weight is 320 g/mol. The quantitative estimate of drug-likeness (QED) is 0.687. The summed E-state index contributed by atoms with van der Waals surface area (Å²) in [4.78, 5) is 22.3. The monoisotopic (exact) mass is 319 g/mol. The summed E-state index contributed by atoms with van der Waals surface area (Å²) in [6.45, 7) is 2.24. The van der Waals surface area contributed by atoms with Crippen molar-refractivity contribution >= 4 is 28.9 Å². The number of halogens is 1. The molecule has 1 N–H and O–H groups in total. The highest BCUT2D eigenvalue weighted by Gasteiger charge is 2.19. The Kier molecular flexibility index (Phi) is 4.39. The SMILES string of the molecule is CCn1ncc(Cl)c1C(=O)Nc1ccc([N+](=O)[O-])cc1C#N. The van der Waals surface area contributed by atoms with Crippen molar-refractivity contribution in [2.75, 3.05) is 5.32 Å². The fourth-order valence-electron chi connectivity index (χ4n) is 1.86. The maximum Gasteiger partial charge on any atom is 0.275 e. The number of carbonyl (C=O) groups excluding carboxylic acids is 1. The minimum Gasteiger partial charge on any atom is -0.319 e. The molecule has 0 spiro atoms. The number of nitriles is 1. The number of carbonyl (C=O) groups is 1. The number of hydrogen-bond donors (Lipinski definition) is 1. The zero-order valence-corrected chi connectivity index (χ0v) is 12.2. The highest BCUT2D eigenvalue weighted by atomic mass is 35.5. The Hall–Kier alpha value is -2.92. The molecule has 0 aliphatic heterocycles. The fraction of sp³-hybridized carbons (Fsp3) is 0.154. The van der Waals surface area contributed by atoms with E-state index >= 15 is 0 Å². The molecule has 0 radical (unpaired) electrons. The van der Waals surface area contributed by atoms with Gasteiger partial charge in [-0.3, -0.25) is 19.6 Å². The van der Waals surface area contributed by atoms with Crippen LogP contribution in [0.4, 0.5) is 11.4 Å². The number of amides is 1. The molecule has 1 aromatic heterocycles. The van der Waals surface area contributed by atoms with Gasteiger partial charge < -0.3 is 5.32 Å². The van der Waals surface area contributed by atoms with Crippen molar-refractivity contribution in [2.45, 2.75) is 13.5 Å². The Morgan fingerprint density at radius 1 is 1.59 bits per heavy atom. The van der Waals surface area contributed by atoms with E-state index in [0.29, 0.717) is 6.54 Å². The van der Waals surface area contributed by atoms with Crippen molar-refractivity contribution in [3.8, 4) is 6.07 Å². The standard InChI is InChI=1S/C13H10ClN5O3/c1-2-18-12(10(14)7-16-18)13(20)17-11-4-3-9(19(21)22)5-8(11)6-15/h3-5,7H,2H2,1H3,(H,17,20). The van der Waals surface area contributed by atoms with Crippen molar-refractivity contribution in [2.24, 2.45) is 0 Å². The highest BCUT2D eigenvalue weighted by molar-refractivity contribution is 6.34. The van der Waals surface area contributed by atoms with Gasteiger partial charge in [0.2, 0.25) is 0 Å². The molecule has 9 heteroatoms. The molecule has 1 aromatic carbocycles. The van der Waals surface area contributed by atoms with Crippen LogP contribution in [0.1, 0.15) is 23.0 Å². The third-order valence-electron chi connectivity index (χ3n) is 2.89. The van der Waals surface area contributed by atoms with Crippen molar-refractivity contribution in [3.63, 3.8) is 0 Å². The summed E-state index contributed by atoms with van der Waals surface area (Å²) >= 11 is 5.93. The molecule has 0 aliphatic rings. The summed E-state index contributed by atoms with van der Waals surface area (Å²) in [6.07, 6.45) is 1.35. The number of aryl methyl sites for hydroxylation is 1. The average Bonchev–Trinajstić information content (AvgIpc) is 2.88. The van der Waals surface area contributed by atoms with Gasteiger partial charge in [-0.25, -0.2) is 0 Å². The minimum absolute atomic E-state index is 0.0127. The highest BCUT2D eigenvalue weighted by Crippen LogP contribution is 2.23. The normalized spacial score (nSPS) is 10.0. The number of nitro groups is 1. The predicted molar refractivity (Wildman–Crippen MR) is 78.7 cm³/mol. The first-order valence-electron chi connectivity index (χ1n) is 6.19. The number of hydrogen-bond acceptors (Lipinski definition) is 5. The maximum absolute atomic E-state index is 12.3. The summed E-state index contributed by atoms with van der Waals surface area (Å²) in [7, 11) is 0. The second-order valence-electron chi connectivity index (χ2n) is 4.21. The Morgan fingerprint density at radius 2 is 2.32 bits per heavy atom. The van der Waals surface area contributed by atoms with E-state index < -0.39 is 10.8 Å². The minimum atomic E-state index is -0.616. The molecular formula is C13H10ClN5O3. The van der Waals surface area contributed by atoms with Gasteiger partial charge in [-0.15, -0.1) is 0 Å². The number of anilines is 1. The molecule has 0 fully saturated rings. The van der Waals surface area contributed by atoms with Gasteiger partial charge in [0.1, 0.15) is 11.8 Å². The van der Waals surface area contributed by atoms with Crippen LogP contribution in [0.3, 0.4) is 0 Å². The zero-order valence-electron chi connectivity index (χ0n) is 11.4. The van der Waals surface area contributed by atoms with Crippen LogP contribution < -0.4 is 5.32 Å². The summed E-state index contributed by atoms with van der Waals surface area (Å²) in [5, 5.41) is 26.4. The molecule has 2 rings (SSSR count). The van der Waals surface area contributed by atoms with Gasteiger partial charge >= 0.3 is 0 Å². The van der Waals surface area contributed by atoms with Gasteiger partial charge in [0.15, 0.2) is 0 Å². The lowest BCUT2D eigenvalue weighted by Gasteiger charge is -2.08. The van der Waals surface area contributed by atoms with Gasteiger partial charge in [0.05, 0.1) is 27.4 Å². The summed E-state index contributed by atoms with van der Waals surface area (Å²) in [5.74, 6) is -0.547. The van der Waals surface area contributed by atoms with E-state index in [-0.39, 0.29) is 27.7 Å². The van der Waals surface area contributed by atoms with Crippen molar-refractivity contribution in [1.29, 1.82) is 5.26 Å². The molecule has 2 aromatic rings. The molecule has 0 atom stereocenters. The summed E-state index contributed by atoms with van der Waals surface area (Å²) < 4.78 is 1.41. The number of nitro benzene ring substituents is 1. The molecule has 0 saturated carbocycles. The van der Waals surface area contributed by atoms with Crippen LogP contribution in [-0.4, -0.2) is 20.6 Å². The Bertz CT molecular complexity index is 793. The molecule has 0 unspecified atom stereocenters. The van der Waals surface area contributed by atoms with Crippen LogP contribution in [-0.2, 0) is 6.54 Å². The Balaban J connectivity index is 2.35. The smallest absolute Gasteiger partial charge is 0.275 e. The third-order valence-corrected chi connectivity index (χ3v) is 3.17. The number of non-ortho nitro benzene ring substituents is 1. The molecule has 1 amide bonds. The molecule has 0 aliphatic carbocycles. The lowest BCUT2D eigenvalue weighted by atomic mass is 10.1. The number of rotatable bonds is 4. The molecular weight excluding hydrogens is 310 g/mol. The van der Waals surface area contributed by atoms with Gasteiger partial charge in [0, 0.05) is 18.7 Å². The molecule has 22 heavy (non-hydrogen) atoms. The lowest BCUT2D eigenvalue weighted by molar-refractivity contribution is -0.384. The predicted octanol–water partition coefficient (Wildman–Crippen LogP) is 2.59. The van der Waals surface area contributed by atoms with Gasteiger partial charge in [-0.1, -0.05) is 11.6 Å². The van der Waals surface area contributed by atoms with E-state index in [4.69, 9.17) is 16.9 Å². The second-order valence-corrected chi connectivity index (χ2v) is 4.62. The van der Waals surface area contributed by atoms with Gasteiger partial charge in [0.25, 0.3) is 11.6 Å². The molecule has 1 heterocycles. The largest absolute Gasteiger partial charge is 0.319 e. The van der Waals surface area contributed by atoms with Crippen LogP contribution >= 0.6 is 11.6 Å². The molecule has 0 bridgehead atoms. The number of nitrogens with one attached hydrogen (secondary N) is 1. The van der Waals surface area contributed by atoms with E-state index in [0.717, 1.165) is 6.07 Å². The van der Waals surface area contributed by atoms with Crippen LogP contribution in [0.5, 0.6) is 0 Å². The molecule has 112 valence electrons. The van der Waals surface area contributed by atoms with Crippen LogP contribution in [0.15, 0.2) is 24.4 Å². The third kappa shape index (κ3) is 2.89. The van der Waals surface area contributed by atoms with Gasteiger partial charge in [-0.2, -0.15) is 10.4 Å². The number of aromatic nitrogens is 2. The maximum atomic E-state index is 12.3. The van der Waals surface area contributed by atoms with Crippen molar-refractivity contribution < 1.29 is 9.72 Å². The molecule has 8 nitrogen and oxygen atoms in total. The first-order valence-corrected chi connectivity index (χ1v) is 6.57. The topological polar surface area (TPSA) is 114 Å². The number of benzene rings is 1. The van der Waals surface area contributed by atoms with Crippen molar-refractivity contribution in [3.05, 3.63) is 50.8 Å². The van der Waals surface area contributed by atoms with E-state index in [1.165, 1.54) is 23.0 Å². The van der Waals surface area contributed by atoms with Crippen LogP contribution in [0.2, 0.25) is 5.02 Å². The van der Waals surface area contributed by atoms with Crippen LogP contribution in [0.25, 0.3) is 0 Å². The van der Waals surface area contributed by atoms with Crippen molar-refractivity contribution in [1.82, 2.24) is 9.78 Å². The van der Waals surface area contributed by atoms with E-state index in [2.05, 4.69) is 10.4 Å². The zero-order chi connectivity index (χ0) is 16.3. The summed E-state index contributed by atoms with van der Waals surface area (Å²) in [6, 6.07) is 5.41. The first-order chi connectivity index (χ1) is 10.5. The Morgan fingerprint density at radius 3 is 2.91 bits per heavy atom. The molecule has 0 saturated heterocycles. The van der Waals surface area contributed by atoms with E-state index in [1.807, 2.05) is 6.07 Å². The Labute approximate surface area is 130 Å². The lowest BCUT2D eigenvalue weighted by Crippen LogP contribution is -2.18. The van der Waals surface area contributed by atoms with Gasteiger partial charge in [-0.05, 0) is 13.0 Å². The second kappa shape index (κ2) is 6.24. The number of nitrogens with zero attached hydrogens (tertiary/aromatic N) is 4. The van der Waals surface area contributed by atoms with Crippen LogP contribution in [0, 0.1) is 21.4 Å². The van der Waals surface area contributed by atoms with E-state index in [9.17, 15) is 14.9 Å². The first kappa shape index (κ1) is 15.5. The summed E-state index contributed by atoms with van der Waals surface area (Å²) in [5.41, 5.74) is 0.0804. The van der Waals surface area contributed by atoms with E-state index in [1.54, 1.807) is 6.92 Å².